The quantitative estimate of drug-likeness (QED) is 0.162. The molecule has 1 nitrogen and oxygen atoms in total. The number of benzene rings is 8. The van der Waals surface area contributed by atoms with Gasteiger partial charge >= 0.3 is 0 Å². The third-order valence-corrected chi connectivity index (χ3v) is 11.3. The zero-order valence-corrected chi connectivity index (χ0v) is 30.8. The second-order valence-corrected chi connectivity index (χ2v) is 15.1. The fourth-order valence-electron chi connectivity index (χ4n) is 8.61. The maximum absolute atomic E-state index is 2.45. The van der Waals surface area contributed by atoms with Crippen LogP contribution in [0.4, 0.5) is 17.1 Å². The second kappa shape index (κ2) is 13.1. The van der Waals surface area contributed by atoms with Crippen molar-refractivity contribution < 1.29 is 0 Å². The van der Waals surface area contributed by atoms with E-state index in [9.17, 15) is 0 Å². The van der Waals surface area contributed by atoms with Crippen LogP contribution in [0.5, 0.6) is 0 Å². The highest BCUT2D eigenvalue weighted by Gasteiger charge is 2.36. The Balaban J connectivity index is 1.22. The van der Waals surface area contributed by atoms with Crippen LogP contribution >= 0.6 is 0 Å². The molecule has 53 heavy (non-hydrogen) atoms. The Morgan fingerprint density at radius 2 is 0.943 bits per heavy atom. The van der Waals surface area contributed by atoms with E-state index < -0.39 is 0 Å². The molecule has 9 rings (SSSR count). The van der Waals surface area contributed by atoms with Gasteiger partial charge in [0, 0.05) is 22.4 Å². The first-order chi connectivity index (χ1) is 25.9. The van der Waals surface area contributed by atoms with Gasteiger partial charge in [0.2, 0.25) is 0 Å². The third kappa shape index (κ3) is 5.56. The Labute approximate surface area is 313 Å². The summed E-state index contributed by atoms with van der Waals surface area (Å²) in [6, 6.07) is 67.0. The van der Waals surface area contributed by atoms with E-state index in [1.54, 1.807) is 0 Å². The van der Waals surface area contributed by atoms with Gasteiger partial charge in [-0.1, -0.05) is 179 Å². The highest BCUT2D eigenvalue weighted by Crippen LogP contribution is 2.51. The molecule has 0 spiro atoms. The number of para-hydroxylation sites is 1. The summed E-state index contributed by atoms with van der Waals surface area (Å²) < 4.78 is 0. The third-order valence-electron chi connectivity index (χ3n) is 11.3. The van der Waals surface area contributed by atoms with Crippen LogP contribution in [0.3, 0.4) is 0 Å². The molecule has 1 aliphatic carbocycles. The Kier molecular flexibility index (Phi) is 8.09. The van der Waals surface area contributed by atoms with Crippen LogP contribution in [-0.2, 0) is 5.41 Å². The van der Waals surface area contributed by atoms with Crippen LogP contribution in [0.25, 0.3) is 55.3 Å². The summed E-state index contributed by atoms with van der Waals surface area (Å²) in [4.78, 5) is 2.45. The van der Waals surface area contributed by atoms with Gasteiger partial charge in [-0.2, -0.15) is 0 Å². The highest BCUT2D eigenvalue weighted by molar-refractivity contribution is 6.08. The minimum Gasteiger partial charge on any atom is -0.310 e. The first-order valence-corrected chi connectivity index (χ1v) is 18.8. The van der Waals surface area contributed by atoms with Crippen LogP contribution in [0.2, 0.25) is 0 Å². The van der Waals surface area contributed by atoms with Gasteiger partial charge in [-0.15, -0.1) is 0 Å². The Morgan fingerprint density at radius 3 is 1.66 bits per heavy atom. The molecule has 0 aliphatic heterocycles. The summed E-state index contributed by atoms with van der Waals surface area (Å²) in [5, 5.41) is 2.63. The van der Waals surface area contributed by atoms with Crippen molar-refractivity contribution in [3.8, 4) is 44.5 Å². The normalized spacial score (nSPS) is 12.8. The Bertz CT molecular complexity index is 2600. The van der Waals surface area contributed by atoms with Crippen LogP contribution in [0.15, 0.2) is 182 Å². The molecular formula is C52H43N. The van der Waals surface area contributed by atoms with E-state index >= 15 is 0 Å². The zero-order valence-electron chi connectivity index (χ0n) is 30.8. The average Bonchev–Trinajstić information content (AvgIpc) is 3.44. The molecule has 1 aliphatic rings. The molecule has 0 aromatic heterocycles. The van der Waals surface area contributed by atoms with Crippen molar-refractivity contribution in [2.75, 3.05) is 4.90 Å². The standard InChI is InChI=1S/C52H43N/c1-35(2)41-32-33-44(51-43(22-15-23-47(41)51)37-18-9-6-10-19-37)38-26-28-39(29-27-38)53(50-25-14-12-20-42(50)36-16-7-5-8-17-36)40-30-31-46-45-21-11-13-24-48(45)52(3,4)49(46)34-40/h5-35H,1-4H3. The van der Waals surface area contributed by atoms with Crippen molar-refractivity contribution in [3.05, 3.63) is 199 Å². The van der Waals surface area contributed by atoms with Crippen molar-refractivity contribution in [2.45, 2.75) is 39.0 Å². The van der Waals surface area contributed by atoms with Gasteiger partial charge < -0.3 is 4.90 Å². The van der Waals surface area contributed by atoms with Crippen molar-refractivity contribution in [3.63, 3.8) is 0 Å². The lowest BCUT2D eigenvalue weighted by molar-refractivity contribution is 0.660. The summed E-state index contributed by atoms with van der Waals surface area (Å²) in [5.74, 6) is 0.420. The smallest absolute Gasteiger partial charge is 0.0540 e. The van der Waals surface area contributed by atoms with Crippen molar-refractivity contribution in [2.24, 2.45) is 0 Å². The Morgan fingerprint density at radius 1 is 0.415 bits per heavy atom. The molecule has 0 radical (unpaired) electrons. The van der Waals surface area contributed by atoms with Gasteiger partial charge in [0.25, 0.3) is 0 Å². The summed E-state index contributed by atoms with van der Waals surface area (Å²) in [5.41, 5.74) is 17.5. The largest absolute Gasteiger partial charge is 0.310 e. The van der Waals surface area contributed by atoms with Gasteiger partial charge in [-0.05, 0) is 103 Å². The van der Waals surface area contributed by atoms with E-state index in [1.807, 2.05) is 0 Å². The molecule has 0 amide bonds. The zero-order chi connectivity index (χ0) is 36.1. The number of rotatable bonds is 7. The maximum Gasteiger partial charge on any atom is 0.0540 e. The van der Waals surface area contributed by atoms with Gasteiger partial charge in [-0.3, -0.25) is 0 Å². The molecule has 256 valence electrons. The number of anilines is 3. The van der Waals surface area contributed by atoms with Crippen LogP contribution in [0, 0.1) is 0 Å². The van der Waals surface area contributed by atoms with E-state index in [0.717, 1.165) is 17.1 Å². The monoisotopic (exact) mass is 681 g/mol. The number of nitrogens with zero attached hydrogens (tertiary/aromatic N) is 1. The molecule has 0 atom stereocenters. The van der Waals surface area contributed by atoms with E-state index in [4.69, 9.17) is 0 Å². The first kappa shape index (κ1) is 32.7. The average molecular weight is 682 g/mol. The van der Waals surface area contributed by atoms with Gasteiger partial charge in [0.05, 0.1) is 5.69 Å². The molecule has 0 heterocycles. The second-order valence-electron chi connectivity index (χ2n) is 15.1. The predicted octanol–water partition coefficient (Wildman–Crippen LogP) is 14.7. The first-order valence-electron chi connectivity index (χ1n) is 18.8. The van der Waals surface area contributed by atoms with E-state index in [2.05, 4.69) is 215 Å². The molecule has 0 N–H and O–H groups in total. The summed E-state index contributed by atoms with van der Waals surface area (Å²) in [6.45, 7) is 9.30. The van der Waals surface area contributed by atoms with E-state index in [-0.39, 0.29) is 5.41 Å². The Hall–Kier alpha value is -6.18. The minimum absolute atomic E-state index is 0.101. The van der Waals surface area contributed by atoms with Crippen LogP contribution in [0.1, 0.15) is 50.3 Å². The molecule has 1 heteroatoms. The highest BCUT2D eigenvalue weighted by atomic mass is 15.1. The SMILES string of the molecule is CC(C)c1ccc(-c2ccc(N(c3ccc4c(c3)C(C)(C)c3ccccc3-4)c3ccccc3-c3ccccc3)cc2)c2c(-c3ccccc3)cccc12. The van der Waals surface area contributed by atoms with Gasteiger partial charge in [0.15, 0.2) is 0 Å². The van der Waals surface area contributed by atoms with Crippen molar-refractivity contribution in [1.82, 2.24) is 0 Å². The van der Waals surface area contributed by atoms with Crippen molar-refractivity contribution in [1.29, 1.82) is 0 Å². The molecule has 0 saturated heterocycles. The number of fused-ring (bicyclic) bond motifs is 4. The fourth-order valence-corrected chi connectivity index (χ4v) is 8.61. The lowest BCUT2D eigenvalue weighted by Gasteiger charge is -2.30. The molecule has 0 unspecified atom stereocenters. The summed E-state index contributed by atoms with van der Waals surface area (Å²) in [7, 11) is 0. The van der Waals surface area contributed by atoms with Crippen LogP contribution < -0.4 is 4.90 Å². The van der Waals surface area contributed by atoms with E-state index in [1.165, 1.54) is 72.0 Å². The minimum atomic E-state index is -0.101. The summed E-state index contributed by atoms with van der Waals surface area (Å²) in [6.07, 6.45) is 0. The predicted molar refractivity (Wildman–Crippen MR) is 227 cm³/mol. The molecular weight excluding hydrogens is 639 g/mol. The van der Waals surface area contributed by atoms with Crippen molar-refractivity contribution >= 4 is 27.8 Å². The van der Waals surface area contributed by atoms with Crippen LogP contribution in [-0.4, -0.2) is 0 Å². The molecule has 8 aromatic carbocycles. The maximum atomic E-state index is 2.45. The van der Waals surface area contributed by atoms with E-state index in [0.29, 0.717) is 5.92 Å². The lowest BCUT2D eigenvalue weighted by Crippen LogP contribution is -2.16. The summed E-state index contributed by atoms with van der Waals surface area (Å²) >= 11 is 0. The van der Waals surface area contributed by atoms with Gasteiger partial charge in [0.1, 0.15) is 0 Å². The number of hydrogen-bond acceptors (Lipinski definition) is 1. The molecule has 0 fully saturated rings. The molecule has 8 aromatic rings. The van der Waals surface area contributed by atoms with Gasteiger partial charge in [-0.25, -0.2) is 0 Å². The molecule has 0 bridgehead atoms. The lowest BCUT2D eigenvalue weighted by atomic mass is 9.82. The topological polar surface area (TPSA) is 3.24 Å². The number of hydrogen-bond donors (Lipinski definition) is 0. The fraction of sp³-hybridized carbons (Fsp3) is 0.115. The molecule has 0 saturated carbocycles.